The van der Waals surface area contributed by atoms with Crippen LogP contribution >= 0.6 is 0 Å². The van der Waals surface area contributed by atoms with E-state index in [4.69, 9.17) is 4.74 Å². The summed E-state index contributed by atoms with van der Waals surface area (Å²) in [7, 11) is 1.23. The number of esters is 1. The summed E-state index contributed by atoms with van der Waals surface area (Å²) in [4.78, 5) is 51.1. The lowest BCUT2D eigenvalue weighted by atomic mass is 9.97. The minimum Gasteiger partial charge on any atom is -0.468 e. The molecule has 1 unspecified atom stereocenters. The smallest absolute Gasteiger partial charge is 0.408 e. The largest absolute Gasteiger partial charge is 0.468 e. The Labute approximate surface area is 189 Å². The number of nitrogens with one attached hydrogen (secondary N) is 2. The van der Waals surface area contributed by atoms with Gasteiger partial charge in [0, 0.05) is 6.54 Å². The summed E-state index contributed by atoms with van der Waals surface area (Å²) in [6.07, 6.45) is -0.135. The fourth-order valence-electron chi connectivity index (χ4n) is 3.11. The van der Waals surface area contributed by atoms with Gasteiger partial charge in [-0.25, -0.2) is 4.79 Å². The van der Waals surface area contributed by atoms with E-state index in [1.54, 1.807) is 26.8 Å². The van der Waals surface area contributed by atoms with Crippen LogP contribution in [0.15, 0.2) is 18.2 Å². The third kappa shape index (κ3) is 8.56. The van der Waals surface area contributed by atoms with Crippen LogP contribution in [0, 0.1) is 13.8 Å². The van der Waals surface area contributed by atoms with Crippen molar-refractivity contribution in [2.45, 2.75) is 59.6 Å². The van der Waals surface area contributed by atoms with Crippen molar-refractivity contribution in [2.24, 2.45) is 0 Å². The molecular weight excluding hydrogens is 414 g/mol. The summed E-state index contributed by atoms with van der Waals surface area (Å²) < 4.78 is 9.77. The number of hydrogen-bond acceptors (Lipinski definition) is 6. The van der Waals surface area contributed by atoms with Gasteiger partial charge in [-0.1, -0.05) is 30.7 Å². The molecule has 0 saturated carbocycles. The highest BCUT2D eigenvalue weighted by Crippen LogP contribution is 2.26. The zero-order chi connectivity index (χ0) is 24.5. The van der Waals surface area contributed by atoms with Crippen LogP contribution in [0.25, 0.3) is 0 Å². The van der Waals surface area contributed by atoms with E-state index >= 15 is 0 Å². The lowest BCUT2D eigenvalue weighted by molar-refractivity contribution is -0.143. The van der Waals surface area contributed by atoms with Gasteiger partial charge in [-0.3, -0.25) is 14.4 Å². The second-order valence-corrected chi connectivity index (χ2v) is 8.50. The molecular formula is C23H35N3O6. The topological polar surface area (TPSA) is 114 Å². The maximum absolute atomic E-state index is 13.1. The van der Waals surface area contributed by atoms with Crippen molar-refractivity contribution >= 4 is 23.9 Å². The number of ether oxygens (including phenoxy) is 2. The molecule has 0 spiro atoms. The molecule has 0 saturated heterocycles. The zero-order valence-electron chi connectivity index (χ0n) is 20.0. The van der Waals surface area contributed by atoms with Crippen molar-refractivity contribution in [3.05, 3.63) is 34.9 Å². The average molecular weight is 450 g/mol. The molecule has 0 aliphatic rings. The van der Waals surface area contributed by atoms with Crippen LogP contribution in [0.4, 0.5) is 4.79 Å². The molecule has 0 aliphatic carbocycles. The molecule has 9 heteroatoms. The third-order valence-electron chi connectivity index (χ3n) is 4.48. The molecule has 3 amide bonds. The zero-order valence-corrected chi connectivity index (χ0v) is 20.0. The number of carbonyl (C=O) groups excluding carboxylic acids is 4. The Balaban J connectivity index is 3.19. The van der Waals surface area contributed by atoms with Gasteiger partial charge in [-0.2, -0.15) is 0 Å². The Morgan fingerprint density at radius 1 is 1.06 bits per heavy atom. The molecule has 2 N–H and O–H groups in total. The first-order chi connectivity index (χ1) is 14.9. The van der Waals surface area contributed by atoms with Crippen molar-refractivity contribution < 1.29 is 28.7 Å². The Morgan fingerprint density at radius 3 is 2.25 bits per heavy atom. The summed E-state index contributed by atoms with van der Waals surface area (Å²) in [6.45, 7) is 10.5. The highest BCUT2D eigenvalue weighted by Gasteiger charge is 2.32. The van der Waals surface area contributed by atoms with Gasteiger partial charge in [0.05, 0.1) is 7.11 Å². The number of nitrogens with zero attached hydrogens (tertiary/aromatic N) is 1. The van der Waals surface area contributed by atoms with Crippen LogP contribution in [-0.2, 0) is 23.9 Å². The first-order valence-corrected chi connectivity index (χ1v) is 10.6. The summed E-state index contributed by atoms with van der Waals surface area (Å²) in [6, 6.07) is 4.60. The standard InChI is InChI=1S/C23H35N3O6/c1-8-11-26(18(27)13-25-22(30)32-23(4,5)6)20(21(29)24-14-19(28)31-7)17-10-9-15(2)12-16(17)3/h9-10,12,20H,8,11,13-14H2,1-7H3,(H,24,29)(H,25,30). The van der Waals surface area contributed by atoms with E-state index in [-0.39, 0.29) is 19.6 Å². The SMILES string of the molecule is CCCN(C(=O)CNC(=O)OC(C)(C)C)C(C(=O)NCC(=O)OC)c1ccc(C)cc1C. The minimum absolute atomic E-state index is 0.276. The maximum Gasteiger partial charge on any atom is 0.408 e. The van der Waals surface area contributed by atoms with E-state index in [1.165, 1.54) is 12.0 Å². The molecule has 0 aromatic heterocycles. The minimum atomic E-state index is -0.979. The molecule has 1 aromatic carbocycles. The molecule has 9 nitrogen and oxygen atoms in total. The van der Waals surface area contributed by atoms with Crippen molar-refractivity contribution in [3.8, 4) is 0 Å². The Hall–Kier alpha value is -3.10. The van der Waals surface area contributed by atoms with Crippen molar-refractivity contribution in [3.63, 3.8) is 0 Å². The molecule has 1 rings (SSSR count). The quantitative estimate of drug-likeness (QED) is 0.560. The normalized spacial score (nSPS) is 11.8. The average Bonchev–Trinajstić information content (AvgIpc) is 2.69. The van der Waals surface area contributed by atoms with E-state index in [0.29, 0.717) is 12.0 Å². The molecule has 0 bridgehead atoms. The van der Waals surface area contributed by atoms with Crippen LogP contribution in [-0.4, -0.2) is 61.1 Å². The van der Waals surface area contributed by atoms with E-state index in [9.17, 15) is 19.2 Å². The highest BCUT2D eigenvalue weighted by atomic mass is 16.6. The lowest BCUT2D eigenvalue weighted by Gasteiger charge is -2.32. The molecule has 178 valence electrons. The second kappa shape index (κ2) is 12.1. The predicted molar refractivity (Wildman–Crippen MR) is 120 cm³/mol. The Kier molecular flexibility index (Phi) is 10.2. The molecule has 32 heavy (non-hydrogen) atoms. The van der Waals surface area contributed by atoms with Gasteiger partial charge in [-0.15, -0.1) is 0 Å². The summed E-state index contributed by atoms with van der Waals surface area (Å²) in [5.41, 5.74) is 1.78. The summed E-state index contributed by atoms with van der Waals surface area (Å²) in [5, 5.41) is 4.99. The molecule has 0 aliphatic heterocycles. The van der Waals surface area contributed by atoms with Gasteiger partial charge < -0.3 is 25.0 Å². The Bertz CT molecular complexity index is 832. The fraction of sp³-hybridized carbons (Fsp3) is 0.565. The first-order valence-electron chi connectivity index (χ1n) is 10.6. The van der Waals surface area contributed by atoms with Gasteiger partial charge in [0.1, 0.15) is 24.7 Å². The van der Waals surface area contributed by atoms with Crippen molar-refractivity contribution in [1.82, 2.24) is 15.5 Å². The molecule has 0 fully saturated rings. The number of rotatable bonds is 9. The van der Waals surface area contributed by atoms with Crippen LogP contribution < -0.4 is 10.6 Å². The molecule has 0 heterocycles. The first kappa shape index (κ1) is 26.9. The fourth-order valence-corrected chi connectivity index (χ4v) is 3.11. The second-order valence-electron chi connectivity index (χ2n) is 8.50. The number of alkyl carbamates (subject to hydrolysis) is 1. The monoisotopic (exact) mass is 449 g/mol. The van der Waals surface area contributed by atoms with Crippen molar-refractivity contribution in [2.75, 3.05) is 26.7 Å². The van der Waals surface area contributed by atoms with Crippen LogP contribution in [0.3, 0.4) is 0 Å². The summed E-state index contributed by atoms with van der Waals surface area (Å²) >= 11 is 0. The summed E-state index contributed by atoms with van der Waals surface area (Å²) in [5.74, 6) is -1.56. The highest BCUT2D eigenvalue weighted by molar-refractivity contribution is 5.92. The maximum atomic E-state index is 13.1. The van der Waals surface area contributed by atoms with Gasteiger partial charge >= 0.3 is 12.1 Å². The number of aryl methyl sites for hydroxylation is 2. The van der Waals surface area contributed by atoms with Gasteiger partial charge in [0.2, 0.25) is 11.8 Å². The number of amides is 3. The number of hydrogen-bond donors (Lipinski definition) is 2. The molecule has 1 aromatic rings. The number of benzene rings is 1. The van der Waals surface area contributed by atoms with Crippen molar-refractivity contribution in [1.29, 1.82) is 0 Å². The van der Waals surface area contributed by atoms with Crippen LogP contribution in [0.1, 0.15) is 56.8 Å². The van der Waals surface area contributed by atoms with E-state index in [2.05, 4.69) is 15.4 Å². The number of carbonyl (C=O) groups is 4. The van der Waals surface area contributed by atoms with Gasteiger partial charge in [0.15, 0.2) is 0 Å². The van der Waals surface area contributed by atoms with Crippen LogP contribution in [0.2, 0.25) is 0 Å². The van der Waals surface area contributed by atoms with Gasteiger partial charge in [0.25, 0.3) is 0 Å². The molecule has 1 atom stereocenters. The Morgan fingerprint density at radius 2 is 1.72 bits per heavy atom. The molecule has 0 radical (unpaired) electrons. The lowest BCUT2D eigenvalue weighted by Crippen LogP contribution is -2.49. The number of methoxy groups -OCH3 is 1. The van der Waals surface area contributed by atoms with Crippen LogP contribution in [0.5, 0.6) is 0 Å². The van der Waals surface area contributed by atoms with E-state index in [1.807, 2.05) is 32.9 Å². The van der Waals surface area contributed by atoms with E-state index in [0.717, 1.165) is 11.1 Å². The third-order valence-corrected chi connectivity index (χ3v) is 4.48. The predicted octanol–water partition coefficient (Wildman–Crippen LogP) is 2.40. The van der Waals surface area contributed by atoms with E-state index < -0.39 is 35.5 Å². The van der Waals surface area contributed by atoms with Gasteiger partial charge in [-0.05, 0) is 52.2 Å².